The molecule has 0 fully saturated rings. The van der Waals surface area contributed by atoms with Crippen molar-refractivity contribution in [2.75, 3.05) is 0 Å². The van der Waals surface area contributed by atoms with Crippen LogP contribution in [-0.2, 0) is 5.75 Å². The van der Waals surface area contributed by atoms with Crippen molar-refractivity contribution in [3.63, 3.8) is 0 Å². The molecule has 0 spiro atoms. The summed E-state index contributed by atoms with van der Waals surface area (Å²) in [6.07, 6.45) is 3.62. The summed E-state index contributed by atoms with van der Waals surface area (Å²) in [5.74, 6) is 0.811. The highest BCUT2D eigenvalue weighted by Crippen LogP contribution is 2.24. The molecule has 0 bridgehead atoms. The monoisotopic (exact) mass is 345 g/mol. The van der Waals surface area contributed by atoms with Gasteiger partial charge in [-0.3, -0.25) is 9.78 Å². The molecule has 2 aromatic carbocycles. The molecule has 0 aliphatic heterocycles. The number of nitrogens with one attached hydrogen (secondary N) is 1. The molecule has 0 saturated heterocycles. The summed E-state index contributed by atoms with van der Waals surface area (Å²) in [6.45, 7) is 0. The summed E-state index contributed by atoms with van der Waals surface area (Å²) in [4.78, 5) is 24.5. The van der Waals surface area contributed by atoms with Crippen LogP contribution in [-0.4, -0.2) is 20.7 Å². The third-order valence-electron chi connectivity index (χ3n) is 3.86. The maximum absolute atomic E-state index is 12.6. The van der Waals surface area contributed by atoms with Crippen molar-refractivity contribution in [2.45, 2.75) is 10.9 Å². The summed E-state index contributed by atoms with van der Waals surface area (Å²) in [6, 6.07) is 18.8. The fourth-order valence-electron chi connectivity index (χ4n) is 2.59. The molecule has 2 heterocycles. The van der Waals surface area contributed by atoms with Crippen LogP contribution < -0.4 is 0 Å². The molecule has 25 heavy (non-hydrogen) atoms. The average molecular weight is 345 g/mol. The van der Waals surface area contributed by atoms with Gasteiger partial charge in [0.1, 0.15) is 0 Å². The molecule has 0 atom stereocenters. The third kappa shape index (κ3) is 3.46. The quantitative estimate of drug-likeness (QED) is 0.428. The second-order valence-corrected chi connectivity index (χ2v) is 6.58. The normalized spacial score (nSPS) is 10.9. The maximum Gasteiger partial charge on any atom is 0.193 e. The van der Waals surface area contributed by atoms with Crippen molar-refractivity contribution >= 4 is 28.6 Å². The molecular weight excluding hydrogens is 330 g/mol. The molecule has 4 rings (SSSR count). The Kier molecular flexibility index (Phi) is 4.31. The molecule has 122 valence electrons. The van der Waals surface area contributed by atoms with E-state index in [0.717, 1.165) is 27.5 Å². The number of hydrogen-bond acceptors (Lipinski definition) is 4. The number of nitrogens with zero attached hydrogens (tertiary/aromatic N) is 2. The zero-order valence-corrected chi connectivity index (χ0v) is 14.2. The van der Waals surface area contributed by atoms with Crippen molar-refractivity contribution in [3.05, 3.63) is 89.7 Å². The lowest BCUT2D eigenvalue weighted by Crippen LogP contribution is -2.00. The van der Waals surface area contributed by atoms with Crippen molar-refractivity contribution in [1.29, 1.82) is 0 Å². The van der Waals surface area contributed by atoms with Crippen molar-refractivity contribution in [2.24, 2.45) is 0 Å². The molecule has 4 aromatic rings. The Labute approximate surface area is 149 Å². The molecule has 0 radical (unpaired) electrons. The highest BCUT2D eigenvalue weighted by molar-refractivity contribution is 7.98. The van der Waals surface area contributed by atoms with Gasteiger partial charge in [0.25, 0.3) is 0 Å². The fourth-order valence-corrected chi connectivity index (χ4v) is 3.41. The van der Waals surface area contributed by atoms with Gasteiger partial charge in [0.15, 0.2) is 10.9 Å². The van der Waals surface area contributed by atoms with Gasteiger partial charge in [0.05, 0.1) is 11.0 Å². The number of H-pyrrole nitrogens is 1. The molecule has 2 aromatic heterocycles. The van der Waals surface area contributed by atoms with Gasteiger partial charge in [-0.05, 0) is 29.8 Å². The van der Waals surface area contributed by atoms with Crippen molar-refractivity contribution in [1.82, 2.24) is 15.0 Å². The van der Waals surface area contributed by atoms with Crippen molar-refractivity contribution < 1.29 is 4.79 Å². The number of pyridine rings is 1. The lowest BCUT2D eigenvalue weighted by atomic mass is 10.0. The van der Waals surface area contributed by atoms with E-state index in [1.807, 2.05) is 66.9 Å². The van der Waals surface area contributed by atoms with Gasteiger partial charge in [0.2, 0.25) is 0 Å². The number of thioether (sulfide) groups is 1. The first-order valence-corrected chi connectivity index (χ1v) is 8.89. The van der Waals surface area contributed by atoms with E-state index in [9.17, 15) is 4.79 Å². The predicted molar refractivity (Wildman–Crippen MR) is 99.8 cm³/mol. The van der Waals surface area contributed by atoms with Crippen LogP contribution in [0.5, 0.6) is 0 Å². The maximum atomic E-state index is 12.6. The number of fused-ring (bicyclic) bond motifs is 1. The fraction of sp³-hybridized carbons (Fsp3) is 0.0500. The first-order chi connectivity index (χ1) is 12.3. The molecule has 1 N–H and O–H groups in total. The van der Waals surface area contributed by atoms with E-state index >= 15 is 0 Å². The average Bonchev–Trinajstić information content (AvgIpc) is 3.09. The second kappa shape index (κ2) is 6.91. The third-order valence-corrected chi connectivity index (χ3v) is 4.80. The SMILES string of the molecule is O=C(c1ccccc1)c1ccc2nc(SCc3cccnc3)[nH]c2c1. The lowest BCUT2D eigenvalue weighted by Gasteiger charge is -2.00. The molecule has 5 heteroatoms. The standard InChI is InChI=1S/C20H15N3OS/c24-19(15-6-2-1-3-7-15)16-8-9-17-18(11-16)23-20(22-17)25-13-14-5-4-10-21-12-14/h1-12H,13H2,(H,22,23). The first-order valence-electron chi connectivity index (χ1n) is 7.91. The molecular formula is C20H15N3OS. The number of aromatic amines is 1. The van der Waals surface area contributed by atoms with Crippen LogP contribution in [0.15, 0.2) is 78.2 Å². The number of hydrogen-bond donors (Lipinski definition) is 1. The van der Waals surface area contributed by atoms with Gasteiger partial charge in [-0.25, -0.2) is 4.98 Å². The summed E-state index contributed by atoms with van der Waals surface area (Å²) in [5, 5.41) is 0.836. The highest BCUT2D eigenvalue weighted by Gasteiger charge is 2.11. The van der Waals surface area contributed by atoms with Gasteiger partial charge < -0.3 is 4.98 Å². The summed E-state index contributed by atoms with van der Waals surface area (Å²) in [7, 11) is 0. The van der Waals surface area contributed by atoms with E-state index in [-0.39, 0.29) is 5.78 Å². The molecule has 4 nitrogen and oxygen atoms in total. The number of imidazole rings is 1. The van der Waals surface area contributed by atoms with Crippen molar-refractivity contribution in [3.8, 4) is 0 Å². The van der Waals surface area contributed by atoms with E-state index in [1.165, 1.54) is 0 Å². The molecule has 0 aliphatic rings. The van der Waals surface area contributed by atoms with Crippen LogP contribution in [0.2, 0.25) is 0 Å². The van der Waals surface area contributed by atoms with E-state index < -0.39 is 0 Å². The Balaban J connectivity index is 1.56. The zero-order valence-electron chi connectivity index (χ0n) is 13.3. The minimum atomic E-state index is 0.0154. The number of carbonyl (C=O) groups excluding carboxylic acids is 1. The van der Waals surface area contributed by atoms with E-state index in [2.05, 4.69) is 15.0 Å². The number of carbonyl (C=O) groups is 1. The topological polar surface area (TPSA) is 58.6 Å². The number of rotatable bonds is 5. The van der Waals surface area contributed by atoms with Crippen LogP contribution >= 0.6 is 11.8 Å². The van der Waals surface area contributed by atoms with Gasteiger partial charge in [-0.15, -0.1) is 0 Å². The largest absolute Gasteiger partial charge is 0.333 e. The van der Waals surface area contributed by atoms with E-state index in [0.29, 0.717) is 11.1 Å². The molecule has 0 aliphatic carbocycles. The van der Waals surface area contributed by atoms with Crippen LogP contribution in [0.1, 0.15) is 21.5 Å². The Bertz CT molecular complexity index is 1010. The van der Waals surface area contributed by atoms with Gasteiger partial charge in [0, 0.05) is 29.3 Å². The van der Waals surface area contributed by atoms with Gasteiger partial charge in [-0.1, -0.05) is 48.2 Å². The van der Waals surface area contributed by atoms with Crippen LogP contribution in [0.25, 0.3) is 11.0 Å². The van der Waals surface area contributed by atoms with Crippen LogP contribution in [0.4, 0.5) is 0 Å². The minimum Gasteiger partial charge on any atom is -0.333 e. The zero-order chi connectivity index (χ0) is 17.1. The summed E-state index contributed by atoms with van der Waals surface area (Å²) in [5.41, 5.74) is 4.22. The minimum absolute atomic E-state index is 0.0154. The van der Waals surface area contributed by atoms with Crippen LogP contribution in [0, 0.1) is 0 Å². The lowest BCUT2D eigenvalue weighted by molar-refractivity contribution is 0.103. The Morgan fingerprint density at radius 1 is 1.00 bits per heavy atom. The van der Waals surface area contributed by atoms with E-state index in [4.69, 9.17) is 0 Å². The highest BCUT2D eigenvalue weighted by atomic mass is 32.2. The predicted octanol–water partition coefficient (Wildman–Crippen LogP) is 4.48. The van der Waals surface area contributed by atoms with Gasteiger partial charge >= 0.3 is 0 Å². The molecule has 0 unspecified atom stereocenters. The first kappa shape index (κ1) is 15.6. The van der Waals surface area contributed by atoms with Crippen LogP contribution in [0.3, 0.4) is 0 Å². The molecule has 0 amide bonds. The summed E-state index contributed by atoms with van der Waals surface area (Å²) >= 11 is 1.62. The smallest absolute Gasteiger partial charge is 0.193 e. The second-order valence-electron chi connectivity index (χ2n) is 5.62. The Hall–Kier alpha value is -2.92. The number of benzene rings is 2. The Morgan fingerprint density at radius 2 is 1.88 bits per heavy atom. The van der Waals surface area contributed by atoms with E-state index in [1.54, 1.807) is 18.0 Å². The molecule has 0 saturated carbocycles. The Morgan fingerprint density at radius 3 is 2.68 bits per heavy atom. The summed E-state index contributed by atoms with van der Waals surface area (Å²) < 4.78 is 0. The number of aromatic nitrogens is 3. The number of ketones is 1. The van der Waals surface area contributed by atoms with Gasteiger partial charge in [-0.2, -0.15) is 0 Å².